The summed E-state index contributed by atoms with van der Waals surface area (Å²) in [5, 5.41) is 2.99. The number of aryl methyl sites for hydroxylation is 2. The monoisotopic (exact) mass is 253 g/mol. The Morgan fingerprint density at radius 3 is 2.37 bits per heavy atom. The minimum absolute atomic E-state index is 0.0306. The van der Waals surface area contributed by atoms with Crippen LogP contribution in [0, 0.1) is 20.8 Å². The van der Waals surface area contributed by atoms with E-state index in [2.05, 4.69) is 5.32 Å². The smallest absolute Gasteiger partial charge is 0.228 e. The number of hydrogen-bond donors (Lipinski definition) is 1. The van der Waals surface area contributed by atoms with Gasteiger partial charge in [-0.2, -0.15) is 0 Å². The Kier molecular flexibility index (Phi) is 4.00. The van der Waals surface area contributed by atoms with E-state index < -0.39 is 0 Å². The first-order chi connectivity index (χ1) is 9.08. The summed E-state index contributed by atoms with van der Waals surface area (Å²) in [5.41, 5.74) is 5.44. The van der Waals surface area contributed by atoms with Gasteiger partial charge in [0.2, 0.25) is 5.91 Å². The standard InChI is InChI=1S/C17H19NO/c1-12-8-6-10-16(14(12)3)18-17(19)11-15-9-5-4-7-13(15)2/h4-10H,11H2,1-3H3,(H,18,19). The zero-order valence-electron chi connectivity index (χ0n) is 11.7. The summed E-state index contributed by atoms with van der Waals surface area (Å²) in [6.45, 7) is 6.10. The van der Waals surface area contributed by atoms with E-state index in [9.17, 15) is 4.79 Å². The number of rotatable bonds is 3. The summed E-state index contributed by atoms with van der Waals surface area (Å²) in [4.78, 5) is 12.1. The molecule has 0 fully saturated rings. The van der Waals surface area contributed by atoms with Gasteiger partial charge < -0.3 is 5.32 Å². The van der Waals surface area contributed by atoms with Crippen LogP contribution in [0.1, 0.15) is 22.3 Å². The molecule has 0 saturated carbocycles. The van der Waals surface area contributed by atoms with Gasteiger partial charge >= 0.3 is 0 Å². The van der Waals surface area contributed by atoms with Crippen molar-refractivity contribution >= 4 is 11.6 Å². The van der Waals surface area contributed by atoms with Crippen molar-refractivity contribution in [2.24, 2.45) is 0 Å². The van der Waals surface area contributed by atoms with Crippen LogP contribution in [0.5, 0.6) is 0 Å². The average molecular weight is 253 g/mol. The van der Waals surface area contributed by atoms with Gasteiger partial charge in [0.1, 0.15) is 0 Å². The summed E-state index contributed by atoms with van der Waals surface area (Å²) >= 11 is 0. The molecule has 2 aromatic rings. The second-order valence-corrected chi connectivity index (χ2v) is 4.90. The van der Waals surface area contributed by atoms with Gasteiger partial charge in [-0.1, -0.05) is 36.4 Å². The van der Waals surface area contributed by atoms with E-state index in [1.807, 2.05) is 63.2 Å². The maximum Gasteiger partial charge on any atom is 0.228 e. The maximum atomic E-state index is 12.1. The van der Waals surface area contributed by atoms with Crippen molar-refractivity contribution in [3.63, 3.8) is 0 Å². The molecular weight excluding hydrogens is 234 g/mol. The summed E-state index contributed by atoms with van der Waals surface area (Å²) in [6.07, 6.45) is 0.417. The number of nitrogens with one attached hydrogen (secondary N) is 1. The molecule has 0 heterocycles. The van der Waals surface area contributed by atoms with Crippen LogP contribution in [0.3, 0.4) is 0 Å². The number of amides is 1. The molecule has 2 aromatic carbocycles. The first-order valence-corrected chi connectivity index (χ1v) is 6.48. The minimum atomic E-state index is 0.0306. The largest absolute Gasteiger partial charge is 0.326 e. The van der Waals surface area contributed by atoms with Crippen molar-refractivity contribution in [2.75, 3.05) is 5.32 Å². The molecule has 98 valence electrons. The van der Waals surface area contributed by atoms with Crippen LogP contribution in [0.4, 0.5) is 5.69 Å². The fraction of sp³-hybridized carbons (Fsp3) is 0.235. The lowest BCUT2D eigenvalue weighted by Crippen LogP contribution is -2.15. The summed E-state index contributed by atoms with van der Waals surface area (Å²) < 4.78 is 0. The molecule has 0 aliphatic heterocycles. The van der Waals surface area contributed by atoms with E-state index in [0.717, 1.165) is 22.4 Å². The molecular formula is C17H19NO. The Labute approximate surface area is 114 Å². The second kappa shape index (κ2) is 5.70. The van der Waals surface area contributed by atoms with Crippen molar-refractivity contribution in [3.8, 4) is 0 Å². The van der Waals surface area contributed by atoms with E-state index in [1.165, 1.54) is 5.56 Å². The van der Waals surface area contributed by atoms with E-state index in [4.69, 9.17) is 0 Å². The molecule has 2 heteroatoms. The minimum Gasteiger partial charge on any atom is -0.326 e. The quantitative estimate of drug-likeness (QED) is 0.885. The van der Waals surface area contributed by atoms with Gasteiger partial charge in [0.15, 0.2) is 0 Å². The van der Waals surface area contributed by atoms with Crippen LogP contribution in [-0.4, -0.2) is 5.91 Å². The fourth-order valence-electron chi connectivity index (χ4n) is 2.06. The molecule has 1 N–H and O–H groups in total. The lowest BCUT2D eigenvalue weighted by atomic mass is 10.0. The van der Waals surface area contributed by atoms with Crippen LogP contribution >= 0.6 is 0 Å². The van der Waals surface area contributed by atoms with Crippen LogP contribution in [0.2, 0.25) is 0 Å². The molecule has 0 aliphatic carbocycles. The van der Waals surface area contributed by atoms with E-state index in [1.54, 1.807) is 0 Å². The average Bonchev–Trinajstić information content (AvgIpc) is 2.38. The van der Waals surface area contributed by atoms with Crippen LogP contribution in [0.15, 0.2) is 42.5 Å². The lowest BCUT2D eigenvalue weighted by Gasteiger charge is -2.11. The highest BCUT2D eigenvalue weighted by Gasteiger charge is 2.08. The number of benzene rings is 2. The Hall–Kier alpha value is -2.09. The normalized spacial score (nSPS) is 10.3. The number of anilines is 1. The molecule has 0 bridgehead atoms. The van der Waals surface area contributed by atoms with Crippen LogP contribution < -0.4 is 5.32 Å². The number of carbonyl (C=O) groups excluding carboxylic acids is 1. The Morgan fingerprint density at radius 2 is 1.63 bits per heavy atom. The SMILES string of the molecule is Cc1ccccc1CC(=O)Nc1cccc(C)c1C. The third kappa shape index (κ3) is 3.22. The predicted octanol–water partition coefficient (Wildman–Crippen LogP) is 3.79. The highest BCUT2D eigenvalue weighted by Crippen LogP contribution is 2.18. The Bertz CT molecular complexity index is 602. The molecule has 0 saturated heterocycles. The van der Waals surface area contributed by atoms with Gasteiger partial charge in [-0.05, 0) is 49.1 Å². The van der Waals surface area contributed by atoms with Crippen molar-refractivity contribution in [1.82, 2.24) is 0 Å². The molecule has 0 aliphatic rings. The molecule has 0 aromatic heterocycles. The number of hydrogen-bond acceptors (Lipinski definition) is 1. The van der Waals surface area contributed by atoms with Crippen molar-refractivity contribution in [3.05, 3.63) is 64.7 Å². The van der Waals surface area contributed by atoms with Gasteiger partial charge in [0, 0.05) is 5.69 Å². The van der Waals surface area contributed by atoms with Gasteiger partial charge in [-0.15, -0.1) is 0 Å². The first kappa shape index (κ1) is 13.3. The third-order valence-corrected chi connectivity index (χ3v) is 3.49. The van der Waals surface area contributed by atoms with Gasteiger partial charge in [0.25, 0.3) is 0 Å². The molecule has 1 amide bonds. The Balaban J connectivity index is 2.10. The zero-order chi connectivity index (χ0) is 13.8. The van der Waals surface area contributed by atoms with E-state index in [0.29, 0.717) is 6.42 Å². The second-order valence-electron chi connectivity index (χ2n) is 4.90. The number of carbonyl (C=O) groups is 1. The van der Waals surface area contributed by atoms with Gasteiger partial charge in [-0.3, -0.25) is 4.79 Å². The molecule has 2 rings (SSSR count). The topological polar surface area (TPSA) is 29.1 Å². The molecule has 0 spiro atoms. The molecule has 0 unspecified atom stereocenters. The van der Waals surface area contributed by atoms with Gasteiger partial charge in [0.05, 0.1) is 6.42 Å². The summed E-state index contributed by atoms with van der Waals surface area (Å²) in [6, 6.07) is 13.9. The van der Waals surface area contributed by atoms with E-state index >= 15 is 0 Å². The van der Waals surface area contributed by atoms with Crippen molar-refractivity contribution in [2.45, 2.75) is 27.2 Å². The summed E-state index contributed by atoms with van der Waals surface area (Å²) in [5.74, 6) is 0.0306. The van der Waals surface area contributed by atoms with Gasteiger partial charge in [-0.25, -0.2) is 0 Å². The molecule has 19 heavy (non-hydrogen) atoms. The zero-order valence-corrected chi connectivity index (χ0v) is 11.7. The summed E-state index contributed by atoms with van der Waals surface area (Å²) in [7, 11) is 0. The highest BCUT2D eigenvalue weighted by molar-refractivity contribution is 5.93. The first-order valence-electron chi connectivity index (χ1n) is 6.48. The maximum absolute atomic E-state index is 12.1. The molecule has 0 radical (unpaired) electrons. The van der Waals surface area contributed by atoms with Crippen molar-refractivity contribution in [1.29, 1.82) is 0 Å². The lowest BCUT2D eigenvalue weighted by molar-refractivity contribution is -0.115. The molecule has 0 atom stereocenters. The molecule has 2 nitrogen and oxygen atoms in total. The van der Waals surface area contributed by atoms with E-state index in [-0.39, 0.29) is 5.91 Å². The predicted molar refractivity (Wildman–Crippen MR) is 79.4 cm³/mol. The van der Waals surface area contributed by atoms with Crippen molar-refractivity contribution < 1.29 is 4.79 Å². The van der Waals surface area contributed by atoms with Crippen LogP contribution in [-0.2, 0) is 11.2 Å². The highest BCUT2D eigenvalue weighted by atomic mass is 16.1. The third-order valence-electron chi connectivity index (χ3n) is 3.49. The fourth-order valence-corrected chi connectivity index (χ4v) is 2.06. The Morgan fingerprint density at radius 1 is 0.947 bits per heavy atom. The van der Waals surface area contributed by atoms with Crippen LogP contribution in [0.25, 0.3) is 0 Å².